The molecule has 3 heteroatoms. The predicted octanol–water partition coefficient (Wildman–Crippen LogP) is 0.440. The number of aliphatic hydroxyl groups is 1. The summed E-state index contributed by atoms with van der Waals surface area (Å²) in [5.74, 6) is 0. The van der Waals surface area contributed by atoms with Gasteiger partial charge in [-0.2, -0.15) is 0 Å². The van der Waals surface area contributed by atoms with Crippen molar-refractivity contribution >= 4 is 0 Å². The molecule has 0 amide bonds. The molecule has 0 bridgehead atoms. The minimum Gasteiger partial charge on any atom is -0.396 e. The Balaban J connectivity index is 2.23. The molecule has 1 heterocycles. The lowest BCUT2D eigenvalue weighted by molar-refractivity contribution is 0.262. The van der Waals surface area contributed by atoms with Crippen molar-refractivity contribution in [2.24, 2.45) is 0 Å². The van der Waals surface area contributed by atoms with Crippen LogP contribution in [0.1, 0.15) is 26.7 Å². The molecule has 1 rings (SSSR count). The number of hydrogen-bond donors (Lipinski definition) is 2. The molecule has 13 heavy (non-hydrogen) atoms. The van der Waals surface area contributed by atoms with Crippen LogP contribution in [0.4, 0.5) is 0 Å². The van der Waals surface area contributed by atoms with Gasteiger partial charge in [-0.1, -0.05) is 0 Å². The van der Waals surface area contributed by atoms with Crippen LogP contribution in [-0.2, 0) is 0 Å². The van der Waals surface area contributed by atoms with Gasteiger partial charge >= 0.3 is 0 Å². The zero-order valence-corrected chi connectivity index (χ0v) is 8.95. The summed E-state index contributed by atoms with van der Waals surface area (Å²) in [6.07, 6.45) is 2.08. The van der Waals surface area contributed by atoms with E-state index in [1.54, 1.807) is 0 Å². The van der Waals surface area contributed by atoms with Gasteiger partial charge in [0, 0.05) is 31.3 Å². The van der Waals surface area contributed by atoms with E-state index in [2.05, 4.69) is 31.1 Å². The Hall–Kier alpha value is -0.120. The number of hydrogen-bond acceptors (Lipinski definition) is 3. The molecule has 0 saturated carbocycles. The highest BCUT2D eigenvalue weighted by Gasteiger charge is 2.26. The van der Waals surface area contributed by atoms with E-state index in [4.69, 9.17) is 5.11 Å². The van der Waals surface area contributed by atoms with Crippen molar-refractivity contribution in [1.29, 1.82) is 0 Å². The van der Waals surface area contributed by atoms with Crippen molar-refractivity contribution in [3.63, 3.8) is 0 Å². The van der Waals surface area contributed by atoms with Crippen LogP contribution in [0.15, 0.2) is 0 Å². The molecule has 1 saturated heterocycles. The van der Waals surface area contributed by atoms with Crippen molar-refractivity contribution < 1.29 is 5.11 Å². The number of aliphatic hydroxyl groups excluding tert-OH is 1. The molecule has 0 radical (unpaired) electrons. The van der Waals surface area contributed by atoms with Gasteiger partial charge in [0.15, 0.2) is 0 Å². The zero-order valence-electron chi connectivity index (χ0n) is 8.95. The van der Waals surface area contributed by atoms with Gasteiger partial charge in [-0.05, 0) is 33.7 Å². The summed E-state index contributed by atoms with van der Waals surface area (Å²) in [5.41, 5.74) is 0. The molecule has 1 fully saturated rings. The van der Waals surface area contributed by atoms with Crippen LogP contribution in [0, 0.1) is 0 Å². The molecule has 0 aromatic rings. The summed E-state index contributed by atoms with van der Waals surface area (Å²) in [4.78, 5) is 2.38. The molecule has 0 aromatic heterocycles. The third-order valence-electron chi connectivity index (χ3n) is 2.97. The van der Waals surface area contributed by atoms with E-state index in [1.807, 2.05) is 0 Å². The maximum Gasteiger partial charge on any atom is 0.0445 e. The Bertz CT molecular complexity index is 142. The maximum absolute atomic E-state index is 8.76. The van der Waals surface area contributed by atoms with E-state index in [-0.39, 0.29) is 6.61 Å². The van der Waals surface area contributed by atoms with Crippen LogP contribution in [0.5, 0.6) is 0 Å². The molecule has 0 aliphatic carbocycles. The fourth-order valence-corrected chi connectivity index (χ4v) is 1.99. The number of likely N-dealkylation sites (tertiary alicyclic amines) is 1. The second kappa shape index (κ2) is 4.94. The standard InChI is InChI=1S/C10H22N2O/c1-8(4-5-13)11-10-6-9(2)12(3)7-10/h8-11,13H,4-7H2,1-3H3. The minimum atomic E-state index is 0.284. The second-order valence-corrected chi connectivity index (χ2v) is 4.30. The zero-order chi connectivity index (χ0) is 9.84. The number of nitrogens with one attached hydrogen (secondary N) is 1. The third-order valence-corrected chi connectivity index (χ3v) is 2.97. The van der Waals surface area contributed by atoms with Crippen LogP contribution in [-0.4, -0.2) is 48.3 Å². The summed E-state index contributed by atoms with van der Waals surface area (Å²) >= 11 is 0. The Labute approximate surface area is 81.1 Å². The summed E-state index contributed by atoms with van der Waals surface area (Å²) in [7, 11) is 2.17. The van der Waals surface area contributed by atoms with Gasteiger partial charge in [0.25, 0.3) is 0 Å². The first-order chi connectivity index (χ1) is 6.13. The number of likely N-dealkylation sites (N-methyl/N-ethyl adjacent to an activating group) is 1. The highest BCUT2D eigenvalue weighted by Crippen LogP contribution is 2.15. The molecule has 0 spiro atoms. The number of rotatable bonds is 4. The van der Waals surface area contributed by atoms with Crippen LogP contribution in [0.25, 0.3) is 0 Å². The fourth-order valence-electron chi connectivity index (χ4n) is 1.99. The molecule has 0 aromatic carbocycles. The Kier molecular flexibility index (Phi) is 4.16. The SMILES string of the molecule is CC(CCO)NC1CC(C)N(C)C1. The normalized spacial score (nSPS) is 32.3. The van der Waals surface area contributed by atoms with Crippen molar-refractivity contribution in [3.8, 4) is 0 Å². The summed E-state index contributed by atoms with van der Waals surface area (Å²) < 4.78 is 0. The molecule has 1 aliphatic rings. The molecule has 2 N–H and O–H groups in total. The lowest BCUT2D eigenvalue weighted by Gasteiger charge is -2.18. The summed E-state index contributed by atoms with van der Waals surface area (Å²) in [5, 5.41) is 12.3. The molecule has 1 aliphatic heterocycles. The van der Waals surface area contributed by atoms with E-state index in [0.717, 1.165) is 13.0 Å². The Morgan fingerprint density at radius 3 is 2.77 bits per heavy atom. The van der Waals surface area contributed by atoms with Gasteiger partial charge in [0.2, 0.25) is 0 Å². The van der Waals surface area contributed by atoms with E-state index in [9.17, 15) is 0 Å². The quantitative estimate of drug-likeness (QED) is 0.669. The fraction of sp³-hybridized carbons (Fsp3) is 1.00. The first-order valence-electron chi connectivity index (χ1n) is 5.20. The van der Waals surface area contributed by atoms with E-state index < -0.39 is 0 Å². The van der Waals surface area contributed by atoms with Gasteiger partial charge in [-0.15, -0.1) is 0 Å². The van der Waals surface area contributed by atoms with Crippen LogP contribution >= 0.6 is 0 Å². The van der Waals surface area contributed by atoms with Gasteiger partial charge in [-0.25, -0.2) is 0 Å². The second-order valence-electron chi connectivity index (χ2n) is 4.30. The van der Waals surface area contributed by atoms with Crippen molar-refractivity contribution in [2.45, 2.75) is 44.8 Å². The highest BCUT2D eigenvalue weighted by atomic mass is 16.3. The first-order valence-corrected chi connectivity index (χ1v) is 5.20. The lowest BCUT2D eigenvalue weighted by Crippen LogP contribution is -2.38. The lowest BCUT2D eigenvalue weighted by atomic mass is 10.1. The van der Waals surface area contributed by atoms with E-state index >= 15 is 0 Å². The highest BCUT2D eigenvalue weighted by molar-refractivity contribution is 4.86. The Morgan fingerprint density at radius 1 is 1.62 bits per heavy atom. The molecule has 3 atom stereocenters. The number of nitrogens with zero attached hydrogens (tertiary/aromatic N) is 1. The summed E-state index contributed by atoms with van der Waals surface area (Å²) in [6, 6.07) is 1.74. The smallest absolute Gasteiger partial charge is 0.0445 e. The Morgan fingerprint density at radius 2 is 2.31 bits per heavy atom. The molecular formula is C10H22N2O. The monoisotopic (exact) mass is 186 g/mol. The van der Waals surface area contributed by atoms with Crippen LogP contribution < -0.4 is 5.32 Å². The molecule has 3 unspecified atom stereocenters. The first kappa shape index (κ1) is 11.0. The van der Waals surface area contributed by atoms with Crippen molar-refractivity contribution in [3.05, 3.63) is 0 Å². The largest absolute Gasteiger partial charge is 0.396 e. The van der Waals surface area contributed by atoms with Crippen molar-refractivity contribution in [1.82, 2.24) is 10.2 Å². The molecule has 3 nitrogen and oxygen atoms in total. The molecule has 78 valence electrons. The maximum atomic E-state index is 8.76. The van der Waals surface area contributed by atoms with Crippen LogP contribution in [0.2, 0.25) is 0 Å². The minimum absolute atomic E-state index is 0.284. The van der Waals surface area contributed by atoms with E-state index in [1.165, 1.54) is 6.42 Å². The summed E-state index contributed by atoms with van der Waals surface area (Å²) in [6.45, 7) is 5.82. The van der Waals surface area contributed by atoms with Gasteiger partial charge < -0.3 is 15.3 Å². The van der Waals surface area contributed by atoms with Gasteiger partial charge in [-0.3, -0.25) is 0 Å². The third kappa shape index (κ3) is 3.25. The van der Waals surface area contributed by atoms with Gasteiger partial charge in [0.1, 0.15) is 0 Å². The van der Waals surface area contributed by atoms with Crippen LogP contribution in [0.3, 0.4) is 0 Å². The van der Waals surface area contributed by atoms with E-state index in [0.29, 0.717) is 18.1 Å². The van der Waals surface area contributed by atoms with Crippen molar-refractivity contribution in [2.75, 3.05) is 20.2 Å². The average molecular weight is 186 g/mol. The average Bonchev–Trinajstić information content (AvgIpc) is 2.31. The van der Waals surface area contributed by atoms with Gasteiger partial charge in [0.05, 0.1) is 0 Å². The predicted molar refractivity (Wildman–Crippen MR) is 54.8 cm³/mol. The molecular weight excluding hydrogens is 164 g/mol. The topological polar surface area (TPSA) is 35.5 Å².